The van der Waals surface area contributed by atoms with Crippen molar-refractivity contribution in [3.05, 3.63) is 0 Å². The first-order valence-electron chi connectivity index (χ1n) is 6.55. The van der Waals surface area contributed by atoms with Gasteiger partial charge < -0.3 is 4.74 Å². The van der Waals surface area contributed by atoms with Gasteiger partial charge in [-0.25, -0.2) is 0 Å². The number of carbonyl (C=O) groups is 1. The van der Waals surface area contributed by atoms with Crippen LogP contribution in [0.2, 0.25) is 19.6 Å². The summed E-state index contributed by atoms with van der Waals surface area (Å²) in [4.78, 5) is 11.0. The number of ether oxygens (including phenoxy) is 1. The van der Waals surface area contributed by atoms with E-state index in [-0.39, 0.29) is 12.1 Å². The summed E-state index contributed by atoms with van der Waals surface area (Å²) in [5, 5.41) is 0. The minimum Gasteiger partial charge on any atom is -0.449 e. The Morgan fingerprint density at radius 1 is 1.24 bits per heavy atom. The van der Waals surface area contributed by atoms with Gasteiger partial charge in [-0.15, -0.1) is 5.54 Å². The maximum Gasteiger partial charge on any atom is 0.303 e. The van der Waals surface area contributed by atoms with Gasteiger partial charge in [0.05, 0.1) is 0 Å². The van der Waals surface area contributed by atoms with Gasteiger partial charge >= 0.3 is 5.97 Å². The lowest BCUT2D eigenvalue weighted by Crippen LogP contribution is -2.20. The first-order valence-corrected chi connectivity index (χ1v) is 10.0. The fourth-order valence-corrected chi connectivity index (χ4v) is 2.01. The third kappa shape index (κ3) is 11.5. The molecule has 0 aliphatic heterocycles. The van der Waals surface area contributed by atoms with Crippen LogP contribution in [0.15, 0.2) is 0 Å². The van der Waals surface area contributed by atoms with Gasteiger partial charge in [0, 0.05) is 6.92 Å². The second kappa shape index (κ2) is 8.35. The van der Waals surface area contributed by atoms with Crippen LogP contribution in [0.25, 0.3) is 0 Å². The molecule has 0 N–H and O–H groups in total. The van der Waals surface area contributed by atoms with E-state index in [1.54, 1.807) is 0 Å². The van der Waals surface area contributed by atoms with Crippen molar-refractivity contribution in [1.29, 1.82) is 0 Å². The van der Waals surface area contributed by atoms with E-state index in [0.29, 0.717) is 0 Å². The zero-order valence-electron chi connectivity index (χ0n) is 11.9. The molecular formula is C14H26O2Si. The Balaban J connectivity index is 4.22. The zero-order chi connectivity index (χ0) is 13.3. The minimum absolute atomic E-state index is 0.198. The van der Waals surface area contributed by atoms with Crippen molar-refractivity contribution in [2.45, 2.75) is 71.7 Å². The smallest absolute Gasteiger partial charge is 0.303 e. The van der Waals surface area contributed by atoms with Crippen molar-refractivity contribution in [3.63, 3.8) is 0 Å². The van der Waals surface area contributed by atoms with Gasteiger partial charge in [-0.1, -0.05) is 51.7 Å². The summed E-state index contributed by atoms with van der Waals surface area (Å²) in [5.41, 5.74) is 3.28. The number of hydrogen-bond donors (Lipinski definition) is 0. The maximum absolute atomic E-state index is 11.0. The topological polar surface area (TPSA) is 26.3 Å². The van der Waals surface area contributed by atoms with Crippen LogP contribution in [0, 0.1) is 11.5 Å². The molecule has 0 rings (SSSR count). The molecule has 98 valence electrons. The van der Waals surface area contributed by atoms with Crippen LogP contribution >= 0.6 is 0 Å². The van der Waals surface area contributed by atoms with Crippen molar-refractivity contribution < 1.29 is 9.53 Å². The number of esters is 1. The van der Waals surface area contributed by atoms with E-state index in [1.807, 2.05) is 0 Å². The molecular weight excluding hydrogens is 228 g/mol. The largest absolute Gasteiger partial charge is 0.449 e. The summed E-state index contributed by atoms with van der Waals surface area (Å²) < 4.78 is 5.24. The van der Waals surface area contributed by atoms with Gasteiger partial charge in [0.1, 0.15) is 8.07 Å². The van der Waals surface area contributed by atoms with Crippen molar-refractivity contribution >= 4 is 14.0 Å². The Hall–Kier alpha value is -0.753. The van der Waals surface area contributed by atoms with E-state index in [4.69, 9.17) is 4.74 Å². The van der Waals surface area contributed by atoms with Gasteiger partial charge in [-0.05, 0) is 12.8 Å². The second-order valence-electron chi connectivity index (χ2n) is 5.47. The van der Waals surface area contributed by atoms with Crippen LogP contribution < -0.4 is 0 Å². The molecule has 0 aliphatic carbocycles. The molecule has 1 atom stereocenters. The van der Waals surface area contributed by atoms with E-state index >= 15 is 0 Å². The third-order valence-electron chi connectivity index (χ3n) is 2.24. The predicted molar refractivity (Wildman–Crippen MR) is 75.4 cm³/mol. The molecule has 0 radical (unpaired) electrons. The van der Waals surface area contributed by atoms with E-state index in [1.165, 1.54) is 26.2 Å². The Kier molecular flexibility index (Phi) is 7.98. The number of carbonyl (C=O) groups excluding carboxylic acids is 1. The summed E-state index contributed by atoms with van der Waals surface area (Å²) in [6.45, 7) is 10.2. The van der Waals surface area contributed by atoms with Gasteiger partial charge in [0.25, 0.3) is 0 Å². The minimum atomic E-state index is -1.38. The molecule has 2 nitrogen and oxygen atoms in total. The molecule has 0 spiro atoms. The van der Waals surface area contributed by atoms with E-state index < -0.39 is 8.07 Å². The summed E-state index contributed by atoms with van der Waals surface area (Å²) >= 11 is 0. The summed E-state index contributed by atoms with van der Waals surface area (Å²) in [6, 6.07) is 0. The highest BCUT2D eigenvalue weighted by atomic mass is 28.3. The third-order valence-corrected chi connectivity index (χ3v) is 3.13. The van der Waals surface area contributed by atoms with Gasteiger partial charge in [-0.2, -0.15) is 0 Å². The van der Waals surface area contributed by atoms with E-state index in [9.17, 15) is 4.79 Å². The normalized spacial score (nSPS) is 12.5. The van der Waals surface area contributed by atoms with Crippen molar-refractivity contribution in [2.75, 3.05) is 0 Å². The first-order chi connectivity index (χ1) is 7.85. The van der Waals surface area contributed by atoms with E-state index in [2.05, 4.69) is 38.0 Å². The molecule has 0 aliphatic rings. The Morgan fingerprint density at radius 3 is 2.35 bits per heavy atom. The first kappa shape index (κ1) is 16.2. The molecule has 0 aromatic rings. The Bertz CT molecular complexity index is 281. The molecule has 0 fully saturated rings. The van der Waals surface area contributed by atoms with Gasteiger partial charge in [-0.3, -0.25) is 4.79 Å². The molecule has 17 heavy (non-hydrogen) atoms. The molecule has 0 amide bonds. The molecule has 0 saturated heterocycles. The van der Waals surface area contributed by atoms with Crippen LogP contribution in [0.1, 0.15) is 46.0 Å². The van der Waals surface area contributed by atoms with Gasteiger partial charge in [0.2, 0.25) is 0 Å². The van der Waals surface area contributed by atoms with Crippen LogP contribution in [0.3, 0.4) is 0 Å². The molecule has 3 heteroatoms. The SMILES string of the molecule is CCCCCCC(C#C[Si](C)(C)C)OC(C)=O. The number of unbranched alkanes of at least 4 members (excludes halogenated alkanes) is 3. The van der Waals surface area contributed by atoms with Crippen molar-refractivity contribution in [2.24, 2.45) is 0 Å². The predicted octanol–water partition coefficient (Wildman–Crippen LogP) is 3.77. The fourth-order valence-electron chi connectivity index (χ4n) is 1.41. The molecule has 0 aromatic heterocycles. The molecule has 0 heterocycles. The highest BCUT2D eigenvalue weighted by molar-refractivity contribution is 6.83. The molecule has 0 saturated carbocycles. The molecule has 1 unspecified atom stereocenters. The lowest BCUT2D eigenvalue weighted by molar-refractivity contribution is -0.144. The summed E-state index contributed by atoms with van der Waals surface area (Å²) in [5.74, 6) is 2.91. The van der Waals surface area contributed by atoms with E-state index in [0.717, 1.165) is 12.8 Å². The molecule has 0 bridgehead atoms. The van der Waals surface area contributed by atoms with Crippen LogP contribution in [0.5, 0.6) is 0 Å². The molecule has 0 aromatic carbocycles. The number of hydrogen-bond acceptors (Lipinski definition) is 2. The highest BCUT2D eigenvalue weighted by Crippen LogP contribution is 2.09. The van der Waals surface area contributed by atoms with Crippen molar-refractivity contribution in [3.8, 4) is 11.5 Å². The summed E-state index contributed by atoms with van der Waals surface area (Å²) in [7, 11) is -1.38. The standard InChI is InChI=1S/C14H26O2Si/c1-6-7-8-9-10-14(16-13(2)15)11-12-17(3,4)5/h14H,6-10H2,1-5H3. The average molecular weight is 254 g/mol. The Labute approximate surface area is 107 Å². The van der Waals surface area contributed by atoms with Crippen LogP contribution in [0.4, 0.5) is 0 Å². The van der Waals surface area contributed by atoms with Crippen LogP contribution in [-0.2, 0) is 9.53 Å². The second-order valence-corrected chi connectivity index (χ2v) is 10.2. The monoisotopic (exact) mass is 254 g/mol. The quantitative estimate of drug-likeness (QED) is 0.312. The zero-order valence-corrected chi connectivity index (χ0v) is 12.9. The average Bonchev–Trinajstić information content (AvgIpc) is 2.18. The maximum atomic E-state index is 11.0. The summed E-state index contributed by atoms with van der Waals surface area (Å²) in [6.07, 6.45) is 5.43. The van der Waals surface area contributed by atoms with Crippen LogP contribution in [-0.4, -0.2) is 20.1 Å². The lowest BCUT2D eigenvalue weighted by Gasteiger charge is -2.12. The highest BCUT2D eigenvalue weighted by Gasteiger charge is 2.11. The Morgan fingerprint density at radius 2 is 1.88 bits per heavy atom. The van der Waals surface area contributed by atoms with Gasteiger partial charge in [0.15, 0.2) is 6.10 Å². The number of rotatable bonds is 6. The fraction of sp³-hybridized carbons (Fsp3) is 0.786. The lowest BCUT2D eigenvalue weighted by atomic mass is 10.1. The van der Waals surface area contributed by atoms with Crippen molar-refractivity contribution in [1.82, 2.24) is 0 Å².